The second-order valence-electron chi connectivity index (χ2n) is 3.01. The van der Waals surface area contributed by atoms with Crippen LogP contribution in [0.15, 0.2) is 12.2 Å². The third-order valence-electron chi connectivity index (χ3n) is 1.70. The molecule has 13 heavy (non-hydrogen) atoms. The van der Waals surface area contributed by atoms with E-state index in [2.05, 4.69) is 0 Å². The van der Waals surface area contributed by atoms with Crippen molar-refractivity contribution in [2.24, 2.45) is 5.92 Å². The van der Waals surface area contributed by atoms with Crippen LogP contribution in [0.5, 0.6) is 0 Å². The third-order valence-corrected chi connectivity index (χ3v) is 1.70. The quantitative estimate of drug-likeness (QED) is 0.505. The second-order valence-corrected chi connectivity index (χ2v) is 3.01. The first-order chi connectivity index (χ1) is 6.20. The third kappa shape index (κ3) is 7.53. The molecule has 1 atom stereocenters. The molecule has 0 aromatic carbocycles. The Morgan fingerprint density at radius 1 is 1.62 bits per heavy atom. The molecule has 0 aliphatic rings. The average Bonchev–Trinajstić information content (AvgIpc) is 2.05. The van der Waals surface area contributed by atoms with Crippen LogP contribution >= 0.6 is 0 Å². The molecule has 1 unspecified atom stereocenters. The molecule has 0 heterocycles. The van der Waals surface area contributed by atoms with Crippen molar-refractivity contribution in [2.45, 2.75) is 26.7 Å². The lowest BCUT2D eigenvalue weighted by Gasteiger charge is -2.04. The van der Waals surface area contributed by atoms with Crippen molar-refractivity contribution in [2.75, 3.05) is 13.2 Å². The van der Waals surface area contributed by atoms with Crippen molar-refractivity contribution in [3.05, 3.63) is 12.2 Å². The number of esters is 1. The Balaban J connectivity index is 3.55. The molecule has 0 aromatic rings. The maximum absolute atomic E-state index is 10.8. The largest absolute Gasteiger partial charge is 0.463 e. The highest BCUT2D eigenvalue weighted by molar-refractivity contribution is 5.81. The second kappa shape index (κ2) is 7.80. The number of hydrogen-bond acceptors (Lipinski definition) is 3. The maximum Gasteiger partial charge on any atom is 0.330 e. The summed E-state index contributed by atoms with van der Waals surface area (Å²) in [7, 11) is 0. The van der Waals surface area contributed by atoms with Crippen LogP contribution in [0.25, 0.3) is 0 Å². The van der Waals surface area contributed by atoms with Gasteiger partial charge in [-0.1, -0.05) is 13.0 Å². The predicted octanol–water partition coefficient (Wildman–Crippen LogP) is 1.51. The normalized spacial score (nSPS) is 13.2. The van der Waals surface area contributed by atoms with Crippen molar-refractivity contribution >= 4 is 5.97 Å². The zero-order valence-corrected chi connectivity index (χ0v) is 8.32. The molecule has 3 nitrogen and oxygen atoms in total. The number of carbonyl (C=O) groups excluding carboxylic acids is 1. The van der Waals surface area contributed by atoms with Crippen molar-refractivity contribution < 1.29 is 14.6 Å². The van der Waals surface area contributed by atoms with Gasteiger partial charge >= 0.3 is 5.97 Å². The summed E-state index contributed by atoms with van der Waals surface area (Å²) in [4.78, 5) is 10.8. The fourth-order valence-corrected chi connectivity index (χ4v) is 0.925. The van der Waals surface area contributed by atoms with Gasteiger partial charge in [0, 0.05) is 12.7 Å². The Bertz CT molecular complexity index is 164. The molecule has 0 spiro atoms. The van der Waals surface area contributed by atoms with Crippen LogP contribution in [0.3, 0.4) is 0 Å². The minimum atomic E-state index is -0.293. The van der Waals surface area contributed by atoms with Gasteiger partial charge in [-0.25, -0.2) is 4.79 Å². The van der Waals surface area contributed by atoms with Crippen LogP contribution in [-0.4, -0.2) is 24.3 Å². The molecular formula is C10H18O3. The Morgan fingerprint density at radius 2 is 2.31 bits per heavy atom. The van der Waals surface area contributed by atoms with E-state index in [-0.39, 0.29) is 12.6 Å². The standard InChI is InChI=1S/C10H18O3/c1-3-13-10(12)6-4-5-9(2)7-8-11/h4,6,9,11H,3,5,7-8H2,1-2H3/b6-4+. The number of allylic oxidation sites excluding steroid dienone is 1. The first kappa shape index (κ1) is 12.2. The summed E-state index contributed by atoms with van der Waals surface area (Å²) in [5.41, 5.74) is 0. The lowest BCUT2D eigenvalue weighted by atomic mass is 10.0. The van der Waals surface area contributed by atoms with E-state index in [9.17, 15) is 4.79 Å². The van der Waals surface area contributed by atoms with Gasteiger partial charge in [0.15, 0.2) is 0 Å². The zero-order valence-electron chi connectivity index (χ0n) is 8.32. The van der Waals surface area contributed by atoms with E-state index < -0.39 is 0 Å². The Labute approximate surface area is 79.4 Å². The highest BCUT2D eigenvalue weighted by atomic mass is 16.5. The fraction of sp³-hybridized carbons (Fsp3) is 0.700. The molecule has 0 saturated carbocycles. The molecule has 0 aliphatic carbocycles. The Kier molecular flexibility index (Phi) is 7.30. The first-order valence-electron chi connectivity index (χ1n) is 4.64. The van der Waals surface area contributed by atoms with Crippen LogP contribution < -0.4 is 0 Å². The van der Waals surface area contributed by atoms with Crippen molar-refractivity contribution in [1.29, 1.82) is 0 Å². The smallest absolute Gasteiger partial charge is 0.330 e. The van der Waals surface area contributed by atoms with Gasteiger partial charge in [0.25, 0.3) is 0 Å². The highest BCUT2D eigenvalue weighted by Gasteiger charge is 1.98. The van der Waals surface area contributed by atoms with Gasteiger partial charge in [0.2, 0.25) is 0 Å². The molecule has 3 heteroatoms. The predicted molar refractivity (Wildman–Crippen MR) is 51.3 cm³/mol. The Morgan fingerprint density at radius 3 is 2.85 bits per heavy atom. The topological polar surface area (TPSA) is 46.5 Å². The molecule has 76 valence electrons. The maximum atomic E-state index is 10.8. The lowest BCUT2D eigenvalue weighted by molar-refractivity contribution is -0.137. The molecule has 1 N–H and O–H groups in total. The van der Waals surface area contributed by atoms with E-state index in [1.165, 1.54) is 6.08 Å². The van der Waals surface area contributed by atoms with Crippen LogP contribution in [0.2, 0.25) is 0 Å². The molecule has 0 amide bonds. The van der Waals surface area contributed by atoms with Crippen molar-refractivity contribution in [1.82, 2.24) is 0 Å². The number of aliphatic hydroxyl groups is 1. The molecule has 0 rings (SSSR count). The van der Waals surface area contributed by atoms with Crippen LogP contribution in [0, 0.1) is 5.92 Å². The molecule has 0 fully saturated rings. The number of rotatable bonds is 6. The zero-order chi connectivity index (χ0) is 10.1. The number of carbonyl (C=O) groups is 1. The van der Waals surface area contributed by atoms with Crippen LogP contribution in [0.4, 0.5) is 0 Å². The summed E-state index contributed by atoms with van der Waals surface area (Å²) in [6, 6.07) is 0. The van der Waals surface area contributed by atoms with Crippen LogP contribution in [0.1, 0.15) is 26.7 Å². The van der Waals surface area contributed by atoms with Crippen molar-refractivity contribution in [3.63, 3.8) is 0 Å². The van der Waals surface area contributed by atoms with E-state index in [1.54, 1.807) is 13.0 Å². The van der Waals surface area contributed by atoms with Crippen molar-refractivity contribution in [3.8, 4) is 0 Å². The van der Waals surface area contributed by atoms with Gasteiger partial charge in [-0.15, -0.1) is 0 Å². The first-order valence-corrected chi connectivity index (χ1v) is 4.64. The summed E-state index contributed by atoms with van der Waals surface area (Å²) in [6.45, 7) is 4.43. The van der Waals surface area contributed by atoms with Crippen LogP contribution in [-0.2, 0) is 9.53 Å². The van der Waals surface area contributed by atoms with Gasteiger partial charge in [-0.3, -0.25) is 0 Å². The molecule has 0 aliphatic heterocycles. The van der Waals surface area contributed by atoms with E-state index in [0.29, 0.717) is 12.5 Å². The fourth-order valence-electron chi connectivity index (χ4n) is 0.925. The van der Waals surface area contributed by atoms with E-state index in [0.717, 1.165) is 12.8 Å². The number of ether oxygens (including phenoxy) is 1. The van der Waals surface area contributed by atoms with E-state index in [1.807, 2.05) is 6.92 Å². The molecule has 0 bridgehead atoms. The van der Waals surface area contributed by atoms with E-state index in [4.69, 9.17) is 9.84 Å². The molecule has 0 radical (unpaired) electrons. The molecule has 0 aromatic heterocycles. The summed E-state index contributed by atoms with van der Waals surface area (Å²) >= 11 is 0. The average molecular weight is 186 g/mol. The summed E-state index contributed by atoms with van der Waals surface area (Å²) in [5, 5.41) is 8.61. The number of aliphatic hydroxyl groups excluding tert-OH is 1. The summed E-state index contributed by atoms with van der Waals surface area (Å²) in [6.07, 6.45) is 4.81. The Hall–Kier alpha value is -0.830. The minimum absolute atomic E-state index is 0.203. The highest BCUT2D eigenvalue weighted by Crippen LogP contribution is 2.06. The van der Waals surface area contributed by atoms with Gasteiger partial charge in [-0.2, -0.15) is 0 Å². The van der Waals surface area contributed by atoms with Gasteiger partial charge in [-0.05, 0) is 25.7 Å². The summed E-state index contributed by atoms with van der Waals surface area (Å²) in [5.74, 6) is 0.120. The van der Waals surface area contributed by atoms with Gasteiger partial charge in [0.1, 0.15) is 0 Å². The minimum Gasteiger partial charge on any atom is -0.463 e. The number of hydrogen-bond donors (Lipinski definition) is 1. The molecule has 0 saturated heterocycles. The monoisotopic (exact) mass is 186 g/mol. The molecular weight excluding hydrogens is 168 g/mol. The van der Waals surface area contributed by atoms with Gasteiger partial charge < -0.3 is 9.84 Å². The lowest BCUT2D eigenvalue weighted by Crippen LogP contribution is -2.00. The summed E-state index contributed by atoms with van der Waals surface area (Å²) < 4.78 is 4.71. The van der Waals surface area contributed by atoms with E-state index >= 15 is 0 Å². The van der Waals surface area contributed by atoms with Gasteiger partial charge in [0.05, 0.1) is 6.61 Å². The SMILES string of the molecule is CCOC(=O)/C=C/CC(C)CCO.